The lowest BCUT2D eigenvalue weighted by Gasteiger charge is -2.11. The van der Waals surface area contributed by atoms with Crippen LogP contribution in [0.4, 0.5) is 0 Å². The summed E-state index contributed by atoms with van der Waals surface area (Å²) in [5.74, 6) is -0.686. The summed E-state index contributed by atoms with van der Waals surface area (Å²) < 4.78 is 4.45. The maximum Gasteiger partial charge on any atom is 0.339 e. The first kappa shape index (κ1) is 12.7. The van der Waals surface area contributed by atoms with E-state index in [2.05, 4.69) is 4.74 Å². The summed E-state index contributed by atoms with van der Waals surface area (Å²) >= 11 is 0. The first-order chi connectivity index (χ1) is 7.54. The van der Waals surface area contributed by atoms with E-state index in [1.807, 2.05) is 6.07 Å². The number of esters is 1. The van der Waals surface area contributed by atoms with Crippen molar-refractivity contribution in [1.29, 1.82) is 0 Å². The molecule has 4 nitrogen and oxygen atoms in total. The van der Waals surface area contributed by atoms with Crippen molar-refractivity contribution in [3.63, 3.8) is 0 Å². The van der Waals surface area contributed by atoms with Crippen LogP contribution in [0.3, 0.4) is 0 Å². The number of rotatable bonds is 4. The molecular weight excluding hydrogens is 208 g/mol. The molecule has 2 unspecified atom stereocenters. The molecule has 0 saturated heterocycles. The largest absolute Gasteiger partial charge is 0.467 e. The van der Waals surface area contributed by atoms with Crippen molar-refractivity contribution in [2.45, 2.75) is 25.6 Å². The smallest absolute Gasteiger partial charge is 0.339 e. The summed E-state index contributed by atoms with van der Waals surface area (Å²) in [5, 5.41) is 18.8. The Hall–Kier alpha value is -1.39. The van der Waals surface area contributed by atoms with Gasteiger partial charge in [-0.3, -0.25) is 0 Å². The summed E-state index contributed by atoms with van der Waals surface area (Å²) in [5.41, 5.74) is 1.35. The van der Waals surface area contributed by atoms with Gasteiger partial charge in [0.15, 0.2) is 6.10 Å². The first-order valence-corrected chi connectivity index (χ1v) is 5.07. The molecule has 0 amide bonds. The van der Waals surface area contributed by atoms with Crippen LogP contribution in [0.5, 0.6) is 0 Å². The van der Waals surface area contributed by atoms with E-state index >= 15 is 0 Å². The van der Waals surface area contributed by atoms with Gasteiger partial charge in [0.2, 0.25) is 0 Å². The Morgan fingerprint density at radius 1 is 1.44 bits per heavy atom. The van der Waals surface area contributed by atoms with Crippen molar-refractivity contribution >= 4 is 5.97 Å². The molecule has 2 N–H and O–H groups in total. The molecule has 4 heteroatoms. The molecule has 1 rings (SSSR count). The van der Waals surface area contributed by atoms with Crippen LogP contribution in [0.2, 0.25) is 0 Å². The highest BCUT2D eigenvalue weighted by Crippen LogP contribution is 2.16. The van der Waals surface area contributed by atoms with Gasteiger partial charge in [-0.25, -0.2) is 4.79 Å². The highest BCUT2D eigenvalue weighted by Gasteiger charge is 2.17. The van der Waals surface area contributed by atoms with Gasteiger partial charge in [0.1, 0.15) is 0 Å². The SMILES string of the molecule is COC(=O)C(O)c1cccc(CC(C)O)c1. The standard InChI is InChI=1S/C12H16O4/c1-8(13)6-9-4-3-5-10(7-9)11(14)12(15)16-2/h3-5,7-8,11,13-14H,6H2,1-2H3. The van der Waals surface area contributed by atoms with E-state index in [0.717, 1.165) is 5.56 Å². The number of aliphatic hydroxyl groups is 2. The summed E-state index contributed by atoms with van der Waals surface area (Å²) in [6.07, 6.45) is -1.23. The molecule has 0 aromatic heterocycles. The quantitative estimate of drug-likeness (QED) is 0.743. The van der Waals surface area contributed by atoms with E-state index in [1.165, 1.54) is 7.11 Å². The summed E-state index contributed by atoms with van der Waals surface area (Å²) in [7, 11) is 1.23. The predicted octanol–water partition coefficient (Wildman–Crippen LogP) is 0.816. The van der Waals surface area contributed by atoms with Crippen molar-refractivity contribution in [1.82, 2.24) is 0 Å². The van der Waals surface area contributed by atoms with Gasteiger partial charge in [0.25, 0.3) is 0 Å². The maximum absolute atomic E-state index is 11.1. The summed E-state index contributed by atoms with van der Waals surface area (Å²) in [6, 6.07) is 6.90. The van der Waals surface area contributed by atoms with Gasteiger partial charge in [0.05, 0.1) is 13.2 Å². The molecule has 0 aliphatic heterocycles. The Morgan fingerprint density at radius 3 is 2.69 bits per heavy atom. The fourth-order valence-electron chi connectivity index (χ4n) is 1.48. The van der Waals surface area contributed by atoms with Crippen molar-refractivity contribution < 1.29 is 19.7 Å². The monoisotopic (exact) mass is 224 g/mol. The molecule has 88 valence electrons. The minimum Gasteiger partial charge on any atom is -0.467 e. The van der Waals surface area contributed by atoms with Crippen LogP contribution >= 0.6 is 0 Å². The zero-order valence-electron chi connectivity index (χ0n) is 9.38. The first-order valence-electron chi connectivity index (χ1n) is 5.07. The second-order valence-electron chi connectivity index (χ2n) is 3.72. The zero-order valence-corrected chi connectivity index (χ0v) is 9.38. The molecule has 0 radical (unpaired) electrons. The second kappa shape index (κ2) is 5.63. The van der Waals surface area contributed by atoms with Crippen LogP contribution in [-0.4, -0.2) is 29.4 Å². The van der Waals surface area contributed by atoms with Gasteiger partial charge >= 0.3 is 5.97 Å². The molecule has 1 aromatic rings. The summed E-state index contributed by atoms with van der Waals surface area (Å²) in [6.45, 7) is 1.68. The maximum atomic E-state index is 11.1. The fourth-order valence-corrected chi connectivity index (χ4v) is 1.48. The zero-order chi connectivity index (χ0) is 12.1. The molecule has 0 saturated carbocycles. The number of carbonyl (C=O) groups excluding carboxylic acids is 1. The predicted molar refractivity (Wildman–Crippen MR) is 58.8 cm³/mol. The number of ether oxygens (including phenoxy) is 1. The molecule has 16 heavy (non-hydrogen) atoms. The van der Waals surface area contributed by atoms with Crippen LogP contribution in [0.1, 0.15) is 24.2 Å². The van der Waals surface area contributed by atoms with Crippen LogP contribution in [-0.2, 0) is 16.0 Å². The number of benzene rings is 1. The minimum atomic E-state index is -1.26. The highest BCUT2D eigenvalue weighted by atomic mass is 16.5. The van der Waals surface area contributed by atoms with E-state index in [4.69, 9.17) is 0 Å². The molecule has 0 heterocycles. The second-order valence-corrected chi connectivity index (χ2v) is 3.72. The molecule has 1 aromatic carbocycles. The molecule has 0 fully saturated rings. The van der Waals surface area contributed by atoms with Gasteiger partial charge in [-0.05, 0) is 24.5 Å². The van der Waals surface area contributed by atoms with Crippen LogP contribution in [0.25, 0.3) is 0 Å². The minimum absolute atomic E-state index is 0.453. The third kappa shape index (κ3) is 3.32. The van der Waals surface area contributed by atoms with E-state index in [-0.39, 0.29) is 0 Å². The molecule has 0 aliphatic carbocycles. The third-order valence-corrected chi connectivity index (χ3v) is 2.22. The lowest BCUT2D eigenvalue weighted by Crippen LogP contribution is -2.14. The number of methoxy groups -OCH3 is 1. The number of hydrogen-bond acceptors (Lipinski definition) is 4. The Kier molecular flexibility index (Phi) is 4.46. The Bertz CT molecular complexity index is 360. The Balaban J connectivity index is 2.85. The van der Waals surface area contributed by atoms with Gasteiger partial charge in [0, 0.05) is 0 Å². The average Bonchev–Trinajstić information content (AvgIpc) is 2.26. The van der Waals surface area contributed by atoms with Crippen molar-refractivity contribution in [3.05, 3.63) is 35.4 Å². The third-order valence-electron chi connectivity index (χ3n) is 2.22. The fraction of sp³-hybridized carbons (Fsp3) is 0.417. The van der Waals surface area contributed by atoms with Crippen molar-refractivity contribution in [2.24, 2.45) is 0 Å². The summed E-state index contributed by atoms with van der Waals surface area (Å²) in [4.78, 5) is 11.1. The normalized spacial score (nSPS) is 14.2. The van der Waals surface area contributed by atoms with Crippen LogP contribution in [0, 0.1) is 0 Å². The molecule has 0 bridgehead atoms. The van der Waals surface area contributed by atoms with E-state index in [9.17, 15) is 15.0 Å². The molecular formula is C12H16O4. The van der Waals surface area contributed by atoms with Gasteiger partial charge in [-0.1, -0.05) is 24.3 Å². The number of aliphatic hydroxyl groups excluding tert-OH is 2. The van der Waals surface area contributed by atoms with E-state index in [0.29, 0.717) is 12.0 Å². The Labute approximate surface area is 94.5 Å². The topological polar surface area (TPSA) is 66.8 Å². The van der Waals surface area contributed by atoms with E-state index < -0.39 is 18.2 Å². The van der Waals surface area contributed by atoms with E-state index in [1.54, 1.807) is 25.1 Å². The molecule has 0 spiro atoms. The van der Waals surface area contributed by atoms with Crippen molar-refractivity contribution in [2.75, 3.05) is 7.11 Å². The van der Waals surface area contributed by atoms with Crippen LogP contribution in [0.15, 0.2) is 24.3 Å². The van der Waals surface area contributed by atoms with Gasteiger partial charge in [-0.15, -0.1) is 0 Å². The molecule has 0 aliphatic rings. The lowest BCUT2D eigenvalue weighted by molar-refractivity contribution is -0.150. The molecule has 2 atom stereocenters. The van der Waals surface area contributed by atoms with Crippen LogP contribution < -0.4 is 0 Å². The number of hydrogen-bond donors (Lipinski definition) is 2. The Morgan fingerprint density at radius 2 is 2.12 bits per heavy atom. The lowest BCUT2D eigenvalue weighted by atomic mass is 10.0. The highest BCUT2D eigenvalue weighted by molar-refractivity contribution is 5.76. The number of carbonyl (C=O) groups is 1. The average molecular weight is 224 g/mol. The van der Waals surface area contributed by atoms with Gasteiger partial charge in [-0.2, -0.15) is 0 Å². The van der Waals surface area contributed by atoms with Crippen molar-refractivity contribution in [3.8, 4) is 0 Å². The van der Waals surface area contributed by atoms with Gasteiger partial charge < -0.3 is 14.9 Å².